The molecule has 0 aromatic carbocycles. The number of aromatic nitrogens is 3. The Morgan fingerprint density at radius 3 is 3.00 bits per heavy atom. The van der Waals surface area contributed by atoms with Gasteiger partial charge in [0.25, 0.3) is 5.91 Å². The number of piperidine rings is 1. The number of carbonyl (C=O) groups excluding carboxylic acids is 1. The first-order valence-corrected chi connectivity index (χ1v) is 7.49. The van der Waals surface area contributed by atoms with Crippen molar-refractivity contribution in [2.45, 2.75) is 18.9 Å². The van der Waals surface area contributed by atoms with Crippen molar-refractivity contribution in [3.63, 3.8) is 0 Å². The van der Waals surface area contributed by atoms with Gasteiger partial charge in [-0.1, -0.05) is 0 Å². The second kappa shape index (κ2) is 7.04. The number of nitrogens with zero attached hydrogens (tertiary/aromatic N) is 4. The van der Waals surface area contributed by atoms with Gasteiger partial charge < -0.3 is 14.4 Å². The molecule has 1 atom stereocenters. The van der Waals surface area contributed by atoms with E-state index in [2.05, 4.69) is 15.0 Å². The molecule has 3 heterocycles. The van der Waals surface area contributed by atoms with Gasteiger partial charge in [-0.3, -0.25) is 4.79 Å². The Hall–Kier alpha value is -2.70. The van der Waals surface area contributed by atoms with Crippen LogP contribution in [0.25, 0.3) is 0 Å². The Bertz CT molecular complexity index is 665. The standard InChI is InChI=1S/C16H18N4O3/c1-22-15-13(5-2-7-18-15)16(21)20-9-3-4-12(10-20)23-14-6-8-17-11-19-14/h2,5-8,11-12H,3-4,9-10H2,1H3. The monoisotopic (exact) mass is 314 g/mol. The van der Waals surface area contributed by atoms with E-state index < -0.39 is 0 Å². The van der Waals surface area contributed by atoms with Crippen LogP contribution in [-0.2, 0) is 0 Å². The maximum Gasteiger partial charge on any atom is 0.259 e. The zero-order valence-electron chi connectivity index (χ0n) is 12.9. The highest BCUT2D eigenvalue weighted by Crippen LogP contribution is 2.21. The third-order valence-corrected chi connectivity index (χ3v) is 3.70. The van der Waals surface area contributed by atoms with Crippen LogP contribution < -0.4 is 9.47 Å². The molecule has 0 bridgehead atoms. The molecule has 2 aromatic heterocycles. The highest BCUT2D eigenvalue weighted by atomic mass is 16.5. The first-order chi connectivity index (χ1) is 11.3. The second-order valence-corrected chi connectivity index (χ2v) is 5.24. The van der Waals surface area contributed by atoms with Gasteiger partial charge in [0.1, 0.15) is 18.0 Å². The van der Waals surface area contributed by atoms with Crippen LogP contribution in [0.2, 0.25) is 0 Å². The smallest absolute Gasteiger partial charge is 0.259 e. The Morgan fingerprint density at radius 2 is 2.22 bits per heavy atom. The zero-order valence-corrected chi connectivity index (χ0v) is 12.9. The summed E-state index contributed by atoms with van der Waals surface area (Å²) < 4.78 is 11.0. The van der Waals surface area contributed by atoms with Gasteiger partial charge in [-0.05, 0) is 25.0 Å². The normalized spacial score (nSPS) is 17.6. The van der Waals surface area contributed by atoms with E-state index in [9.17, 15) is 4.79 Å². The first-order valence-electron chi connectivity index (χ1n) is 7.49. The Balaban J connectivity index is 1.69. The maximum absolute atomic E-state index is 12.7. The van der Waals surface area contributed by atoms with E-state index in [1.165, 1.54) is 13.4 Å². The molecule has 0 spiro atoms. The molecule has 2 aromatic rings. The lowest BCUT2D eigenvalue weighted by atomic mass is 10.1. The van der Waals surface area contributed by atoms with Crippen molar-refractivity contribution >= 4 is 5.91 Å². The molecule has 1 aliphatic heterocycles. The topological polar surface area (TPSA) is 77.4 Å². The SMILES string of the molecule is COc1ncccc1C(=O)N1CCCC(Oc2ccncn2)C1. The van der Waals surface area contributed by atoms with Crippen LogP contribution in [0.15, 0.2) is 36.9 Å². The van der Waals surface area contributed by atoms with Crippen molar-refractivity contribution in [1.29, 1.82) is 0 Å². The van der Waals surface area contributed by atoms with E-state index >= 15 is 0 Å². The summed E-state index contributed by atoms with van der Waals surface area (Å²) in [6.45, 7) is 1.21. The summed E-state index contributed by atoms with van der Waals surface area (Å²) in [7, 11) is 1.51. The lowest BCUT2D eigenvalue weighted by Gasteiger charge is -2.32. The van der Waals surface area contributed by atoms with Gasteiger partial charge in [0.2, 0.25) is 11.8 Å². The van der Waals surface area contributed by atoms with Crippen molar-refractivity contribution in [1.82, 2.24) is 19.9 Å². The van der Waals surface area contributed by atoms with E-state index in [4.69, 9.17) is 9.47 Å². The molecule has 1 unspecified atom stereocenters. The van der Waals surface area contributed by atoms with Gasteiger partial charge in [-0.2, -0.15) is 0 Å². The largest absolute Gasteiger partial charge is 0.480 e. The quantitative estimate of drug-likeness (QED) is 0.852. The van der Waals surface area contributed by atoms with E-state index in [1.807, 2.05) is 0 Å². The fourth-order valence-electron chi connectivity index (χ4n) is 2.62. The number of methoxy groups -OCH3 is 1. The van der Waals surface area contributed by atoms with Crippen molar-refractivity contribution in [2.24, 2.45) is 0 Å². The number of rotatable bonds is 4. The van der Waals surface area contributed by atoms with E-state index in [0.717, 1.165) is 12.8 Å². The zero-order chi connectivity index (χ0) is 16.1. The van der Waals surface area contributed by atoms with Crippen LogP contribution in [0.3, 0.4) is 0 Å². The predicted octanol–water partition coefficient (Wildman–Crippen LogP) is 1.56. The summed E-state index contributed by atoms with van der Waals surface area (Å²) in [6.07, 6.45) is 6.37. The summed E-state index contributed by atoms with van der Waals surface area (Å²) in [4.78, 5) is 26.5. The molecule has 1 fully saturated rings. The third-order valence-electron chi connectivity index (χ3n) is 3.70. The van der Waals surface area contributed by atoms with Gasteiger partial charge in [0, 0.05) is 25.0 Å². The molecule has 1 aliphatic rings. The van der Waals surface area contributed by atoms with Crippen LogP contribution in [-0.4, -0.2) is 52.1 Å². The fourth-order valence-corrected chi connectivity index (χ4v) is 2.62. The Morgan fingerprint density at radius 1 is 1.30 bits per heavy atom. The van der Waals surface area contributed by atoms with Crippen molar-refractivity contribution < 1.29 is 14.3 Å². The van der Waals surface area contributed by atoms with Gasteiger partial charge in [0.05, 0.1) is 13.7 Å². The molecular weight excluding hydrogens is 296 g/mol. The third kappa shape index (κ3) is 3.56. The van der Waals surface area contributed by atoms with Crippen LogP contribution in [0.1, 0.15) is 23.2 Å². The average Bonchev–Trinajstić information content (AvgIpc) is 2.62. The van der Waals surface area contributed by atoms with Crippen LogP contribution in [0.4, 0.5) is 0 Å². The molecule has 23 heavy (non-hydrogen) atoms. The van der Waals surface area contributed by atoms with Gasteiger partial charge >= 0.3 is 0 Å². The molecule has 3 rings (SSSR count). The molecular formula is C16H18N4O3. The molecule has 1 saturated heterocycles. The number of ether oxygens (including phenoxy) is 2. The summed E-state index contributed by atoms with van der Waals surface area (Å²) in [5, 5.41) is 0. The summed E-state index contributed by atoms with van der Waals surface area (Å²) >= 11 is 0. The summed E-state index contributed by atoms with van der Waals surface area (Å²) in [5.41, 5.74) is 0.470. The minimum absolute atomic E-state index is 0.0785. The number of amides is 1. The van der Waals surface area contributed by atoms with E-state index in [0.29, 0.717) is 30.4 Å². The van der Waals surface area contributed by atoms with Gasteiger partial charge in [0.15, 0.2) is 0 Å². The number of carbonyl (C=O) groups is 1. The van der Waals surface area contributed by atoms with Crippen molar-refractivity contribution in [2.75, 3.05) is 20.2 Å². The van der Waals surface area contributed by atoms with Crippen LogP contribution in [0, 0.1) is 0 Å². The molecule has 0 saturated carbocycles. The molecule has 7 nitrogen and oxygen atoms in total. The fraction of sp³-hybridized carbons (Fsp3) is 0.375. The van der Waals surface area contributed by atoms with Crippen LogP contribution in [0.5, 0.6) is 11.8 Å². The predicted molar refractivity (Wildman–Crippen MR) is 82.4 cm³/mol. The molecule has 0 N–H and O–H groups in total. The second-order valence-electron chi connectivity index (χ2n) is 5.24. The highest BCUT2D eigenvalue weighted by Gasteiger charge is 2.27. The van der Waals surface area contributed by atoms with E-state index in [-0.39, 0.29) is 12.0 Å². The molecule has 0 radical (unpaired) electrons. The lowest BCUT2D eigenvalue weighted by Crippen LogP contribution is -2.44. The molecule has 7 heteroatoms. The number of pyridine rings is 1. The molecule has 1 amide bonds. The van der Waals surface area contributed by atoms with Crippen molar-refractivity contribution in [3.05, 3.63) is 42.5 Å². The number of hydrogen-bond donors (Lipinski definition) is 0. The summed E-state index contributed by atoms with van der Waals surface area (Å²) in [5.74, 6) is 0.778. The maximum atomic E-state index is 12.7. The average molecular weight is 314 g/mol. The van der Waals surface area contributed by atoms with Crippen molar-refractivity contribution in [3.8, 4) is 11.8 Å². The molecule has 0 aliphatic carbocycles. The number of likely N-dealkylation sites (tertiary alicyclic amines) is 1. The minimum atomic E-state index is -0.0917. The molecule has 120 valence electrons. The minimum Gasteiger partial charge on any atom is -0.480 e. The van der Waals surface area contributed by atoms with Crippen LogP contribution >= 0.6 is 0 Å². The Labute approximate surface area is 134 Å². The van der Waals surface area contributed by atoms with E-state index in [1.54, 1.807) is 35.5 Å². The summed E-state index contributed by atoms with van der Waals surface area (Å²) in [6, 6.07) is 5.17. The lowest BCUT2D eigenvalue weighted by molar-refractivity contribution is 0.0524. The highest BCUT2D eigenvalue weighted by molar-refractivity contribution is 5.96. The Kier molecular flexibility index (Phi) is 4.65. The van der Waals surface area contributed by atoms with Gasteiger partial charge in [-0.25, -0.2) is 15.0 Å². The number of hydrogen-bond acceptors (Lipinski definition) is 6. The first kappa shape index (κ1) is 15.2. The van der Waals surface area contributed by atoms with Gasteiger partial charge in [-0.15, -0.1) is 0 Å².